The van der Waals surface area contributed by atoms with Crippen LogP contribution >= 0.6 is 11.8 Å². The lowest BCUT2D eigenvalue weighted by Gasteiger charge is -2.32. The number of benzene rings is 1. The van der Waals surface area contributed by atoms with Crippen LogP contribution in [0, 0.1) is 19.7 Å². The number of hydrogen-bond donors (Lipinski definition) is 2. The molecule has 2 aromatic rings. The number of amides is 2. The summed E-state index contributed by atoms with van der Waals surface area (Å²) in [4.78, 5) is 24.5. The second-order valence-electron chi connectivity index (χ2n) is 7.10. The van der Waals surface area contributed by atoms with Gasteiger partial charge in [0.25, 0.3) is 0 Å². The molecule has 2 heterocycles. The predicted molar refractivity (Wildman–Crippen MR) is 103 cm³/mol. The maximum Gasteiger partial charge on any atom is 0.243 e. The van der Waals surface area contributed by atoms with Crippen LogP contribution in [-0.2, 0) is 16.1 Å². The second kappa shape index (κ2) is 7.34. The van der Waals surface area contributed by atoms with Gasteiger partial charge in [-0.1, -0.05) is 0 Å². The highest BCUT2D eigenvalue weighted by atomic mass is 32.2. The number of carbonyl (C=O) groups is 2. The van der Waals surface area contributed by atoms with Gasteiger partial charge in [0.1, 0.15) is 11.9 Å². The van der Waals surface area contributed by atoms with Gasteiger partial charge in [0.2, 0.25) is 11.8 Å². The number of nitrogens with zero attached hydrogens (tertiary/aromatic N) is 2. The highest BCUT2D eigenvalue weighted by Crippen LogP contribution is 2.29. The Balaban J connectivity index is 1.69. The fourth-order valence-electron chi connectivity index (χ4n) is 2.94. The third-order valence-electron chi connectivity index (χ3n) is 4.73. The van der Waals surface area contributed by atoms with Crippen molar-refractivity contribution in [1.29, 1.82) is 0 Å². The van der Waals surface area contributed by atoms with Crippen molar-refractivity contribution in [1.82, 2.24) is 20.4 Å². The molecule has 1 aliphatic rings. The quantitative estimate of drug-likeness (QED) is 0.840. The fourth-order valence-corrected chi connectivity index (χ4v) is 3.94. The van der Waals surface area contributed by atoms with Crippen molar-refractivity contribution in [2.45, 2.75) is 45.0 Å². The molecule has 2 amide bonds. The lowest BCUT2D eigenvalue weighted by molar-refractivity contribution is -0.129. The van der Waals surface area contributed by atoms with Crippen LogP contribution in [0.1, 0.15) is 30.8 Å². The average molecular weight is 390 g/mol. The first-order valence-electron chi connectivity index (χ1n) is 8.72. The zero-order valence-corrected chi connectivity index (χ0v) is 16.6. The van der Waals surface area contributed by atoms with Gasteiger partial charge < -0.3 is 10.6 Å². The Morgan fingerprint density at radius 2 is 2.04 bits per heavy atom. The Kier molecular flexibility index (Phi) is 5.28. The van der Waals surface area contributed by atoms with E-state index in [2.05, 4.69) is 15.7 Å². The Morgan fingerprint density at radius 1 is 1.37 bits per heavy atom. The molecule has 2 N–H and O–H groups in total. The van der Waals surface area contributed by atoms with E-state index >= 15 is 0 Å². The average Bonchev–Trinajstić information content (AvgIpc) is 2.90. The summed E-state index contributed by atoms with van der Waals surface area (Å²) in [7, 11) is 0. The van der Waals surface area contributed by atoms with Gasteiger partial charge in [-0.15, -0.1) is 11.8 Å². The number of rotatable bonds is 4. The molecule has 0 spiro atoms. The van der Waals surface area contributed by atoms with Gasteiger partial charge in [-0.25, -0.2) is 9.07 Å². The molecule has 6 nitrogen and oxygen atoms in total. The van der Waals surface area contributed by atoms with E-state index in [0.29, 0.717) is 12.3 Å². The van der Waals surface area contributed by atoms with E-state index in [0.717, 1.165) is 22.6 Å². The highest BCUT2D eigenvalue weighted by Gasteiger charge is 2.37. The van der Waals surface area contributed by atoms with Gasteiger partial charge in [0, 0.05) is 23.6 Å². The predicted octanol–water partition coefficient (Wildman–Crippen LogP) is 2.25. The molecule has 1 atom stereocenters. The molecule has 0 radical (unpaired) electrons. The number of nitrogens with one attached hydrogen (secondary N) is 2. The zero-order chi connectivity index (χ0) is 19.8. The van der Waals surface area contributed by atoms with E-state index in [9.17, 15) is 14.0 Å². The molecule has 1 saturated heterocycles. The summed E-state index contributed by atoms with van der Waals surface area (Å²) in [6.07, 6.45) is 0. The van der Waals surface area contributed by atoms with Crippen molar-refractivity contribution >= 4 is 23.6 Å². The molecule has 0 bridgehead atoms. The van der Waals surface area contributed by atoms with E-state index < -0.39 is 10.8 Å². The third-order valence-corrected chi connectivity index (χ3v) is 6.14. The Bertz CT molecular complexity index is 877. The Morgan fingerprint density at radius 3 is 2.67 bits per heavy atom. The van der Waals surface area contributed by atoms with E-state index in [4.69, 9.17) is 0 Å². The molecule has 0 aliphatic carbocycles. The largest absolute Gasteiger partial charge is 0.350 e. The van der Waals surface area contributed by atoms with Gasteiger partial charge in [0.05, 0.1) is 16.1 Å². The van der Waals surface area contributed by atoms with Crippen molar-refractivity contribution in [3.8, 4) is 5.69 Å². The smallest absolute Gasteiger partial charge is 0.243 e. The van der Waals surface area contributed by atoms with Gasteiger partial charge in [0.15, 0.2) is 0 Å². The summed E-state index contributed by atoms with van der Waals surface area (Å²) in [6, 6.07) is 5.56. The first kappa shape index (κ1) is 19.4. The summed E-state index contributed by atoms with van der Waals surface area (Å²) in [5.41, 5.74) is 3.33. The van der Waals surface area contributed by atoms with Gasteiger partial charge >= 0.3 is 0 Å². The number of halogens is 1. The molecule has 0 saturated carbocycles. The van der Waals surface area contributed by atoms with E-state index in [-0.39, 0.29) is 17.6 Å². The number of aromatic nitrogens is 2. The molecule has 1 aromatic carbocycles. The topological polar surface area (TPSA) is 76.0 Å². The van der Waals surface area contributed by atoms with Crippen molar-refractivity contribution in [2.24, 2.45) is 0 Å². The molecule has 1 fully saturated rings. The molecule has 1 aromatic heterocycles. The highest BCUT2D eigenvalue weighted by molar-refractivity contribution is 8.01. The minimum Gasteiger partial charge on any atom is -0.350 e. The second-order valence-corrected chi connectivity index (χ2v) is 8.75. The summed E-state index contributed by atoms with van der Waals surface area (Å²) in [5, 5.41) is 10.2. The fraction of sp³-hybridized carbons (Fsp3) is 0.421. The lowest BCUT2D eigenvalue weighted by Crippen LogP contribution is -2.57. The molecule has 1 aliphatic heterocycles. The summed E-state index contributed by atoms with van der Waals surface area (Å²) >= 11 is 1.48. The molecule has 3 rings (SSSR count). The van der Waals surface area contributed by atoms with Crippen molar-refractivity contribution in [3.05, 3.63) is 47.0 Å². The normalized spacial score (nSPS) is 18.9. The summed E-state index contributed by atoms with van der Waals surface area (Å²) < 4.78 is 14.4. The summed E-state index contributed by atoms with van der Waals surface area (Å²) in [6.45, 7) is 7.79. The minimum absolute atomic E-state index is 0.129. The van der Waals surface area contributed by atoms with Crippen molar-refractivity contribution < 1.29 is 14.0 Å². The first-order valence-corrected chi connectivity index (χ1v) is 9.71. The SMILES string of the molecule is Cc1nn(-c2ccc(F)cc2)c(C)c1CNC(=O)C1CSC(C)(C)C(=O)N1. The van der Waals surface area contributed by atoms with Crippen LogP contribution in [0.3, 0.4) is 0 Å². The molecule has 8 heteroatoms. The maximum atomic E-state index is 13.1. The third kappa shape index (κ3) is 4.00. The minimum atomic E-state index is -0.539. The molecular weight excluding hydrogens is 367 g/mol. The van der Waals surface area contributed by atoms with Crippen LogP contribution in [0.5, 0.6) is 0 Å². The number of hydrogen-bond acceptors (Lipinski definition) is 4. The number of aryl methyl sites for hydroxylation is 1. The van der Waals surface area contributed by atoms with Crippen LogP contribution in [0.25, 0.3) is 5.69 Å². The van der Waals surface area contributed by atoms with Crippen LogP contribution in [0.15, 0.2) is 24.3 Å². The maximum absolute atomic E-state index is 13.1. The van der Waals surface area contributed by atoms with Crippen LogP contribution in [0.4, 0.5) is 4.39 Å². The van der Waals surface area contributed by atoms with Gasteiger partial charge in [-0.3, -0.25) is 9.59 Å². The first-order chi connectivity index (χ1) is 12.7. The van der Waals surface area contributed by atoms with E-state index in [1.54, 1.807) is 16.8 Å². The molecule has 144 valence electrons. The Hall–Kier alpha value is -2.35. The monoisotopic (exact) mass is 390 g/mol. The molecule has 27 heavy (non-hydrogen) atoms. The lowest BCUT2D eigenvalue weighted by atomic mass is 10.1. The van der Waals surface area contributed by atoms with E-state index in [1.807, 2.05) is 27.7 Å². The van der Waals surface area contributed by atoms with Gasteiger partial charge in [-0.2, -0.15) is 5.10 Å². The van der Waals surface area contributed by atoms with Crippen molar-refractivity contribution in [2.75, 3.05) is 5.75 Å². The molecular formula is C19H23FN4O2S. The Labute approximate surface area is 161 Å². The van der Waals surface area contributed by atoms with Crippen LogP contribution in [-0.4, -0.2) is 38.1 Å². The standard InChI is InChI=1S/C19H23FN4O2S/c1-11-15(12(2)24(23-11)14-7-5-13(20)6-8-14)9-21-17(25)16-10-27-19(3,4)18(26)22-16/h5-8,16H,9-10H2,1-4H3,(H,21,25)(H,22,26). The summed E-state index contributed by atoms with van der Waals surface area (Å²) in [5.74, 6) is -0.101. The zero-order valence-electron chi connectivity index (χ0n) is 15.8. The number of thioether (sulfide) groups is 1. The van der Waals surface area contributed by atoms with E-state index in [1.165, 1.54) is 23.9 Å². The van der Waals surface area contributed by atoms with Crippen LogP contribution < -0.4 is 10.6 Å². The molecule has 1 unspecified atom stereocenters. The van der Waals surface area contributed by atoms with Gasteiger partial charge in [-0.05, 0) is 52.0 Å². The number of carbonyl (C=O) groups excluding carboxylic acids is 2. The van der Waals surface area contributed by atoms with Crippen molar-refractivity contribution in [3.63, 3.8) is 0 Å². The van der Waals surface area contributed by atoms with Crippen LogP contribution in [0.2, 0.25) is 0 Å².